The second-order valence-electron chi connectivity index (χ2n) is 11.1. The van der Waals surface area contributed by atoms with Crippen LogP contribution >= 0.6 is 0 Å². The van der Waals surface area contributed by atoms with Crippen molar-refractivity contribution in [2.24, 2.45) is 0 Å². The van der Waals surface area contributed by atoms with Gasteiger partial charge in [-0.1, -0.05) is 126 Å². The van der Waals surface area contributed by atoms with Gasteiger partial charge in [0, 0.05) is 5.56 Å². The van der Waals surface area contributed by atoms with Gasteiger partial charge in [-0.15, -0.1) is 0 Å². The number of hydrogen-bond donors (Lipinski definition) is 0. The number of quaternary nitrogens is 1. The molecular formula is C33H52NO3+. The molecule has 37 heavy (non-hydrogen) atoms. The van der Waals surface area contributed by atoms with E-state index in [-0.39, 0.29) is 12.8 Å². The number of unbranched alkanes of at least 4 members (excludes halogenated alkanes) is 11. The second-order valence-corrected chi connectivity index (χ2v) is 11.1. The Kier molecular flexibility index (Phi) is 15.7. The molecule has 0 aliphatic rings. The first-order chi connectivity index (χ1) is 18.0. The van der Waals surface area contributed by atoms with Crippen molar-refractivity contribution in [1.29, 1.82) is 0 Å². The number of carbonyl (C=O) groups excluding carboxylic acids is 1. The Morgan fingerprint density at radius 2 is 1.30 bits per heavy atom. The lowest BCUT2D eigenvalue weighted by Crippen LogP contribution is -2.40. The zero-order valence-corrected chi connectivity index (χ0v) is 23.9. The molecule has 0 aliphatic heterocycles. The summed E-state index contributed by atoms with van der Waals surface area (Å²) in [5.74, 6) is 0.622. The highest BCUT2D eigenvalue weighted by molar-refractivity contribution is 5.69. The Bertz CT molecular complexity index is 850. The highest BCUT2D eigenvalue weighted by Gasteiger charge is 2.18. The quantitative estimate of drug-likeness (QED) is 0.0731. The fraction of sp³-hybridized carbons (Fsp3) is 0.606. The Morgan fingerprint density at radius 1 is 0.730 bits per heavy atom. The van der Waals surface area contributed by atoms with Gasteiger partial charge in [-0.2, -0.15) is 0 Å². The number of hydrogen-bond acceptors (Lipinski definition) is 3. The van der Waals surface area contributed by atoms with Gasteiger partial charge in [0.15, 0.2) is 0 Å². The third-order valence-corrected chi connectivity index (χ3v) is 7.08. The summed E-state index contributed by atoms with van der Waals surface area (Å²) in [6.45, 7) is 3.86. The number of rotatable bonds is 21. The molecule has 0 bridgehead atoms. The van der Waals surface area contributed by atoms with Crippen molar-refractivity contribution in [2.45, 2.75) is 103 Å². The topological polar surface area (TPSA) is 35.5 Å². The van der Waals surface area contributed by atoms with Gasteiger partial charge in [-0.25, -0.2) is 0 Å². The summed E-state index contributed by atoms with van der Waals surface area (Å²) >= 11 is 0. The first kappa shape index (κ1) is 30.9. The lowest BCUT2D eigenvalue weighted by atomic mass is 10.0. The first-order valence-electron chi connectivity index (χ1n) is 14.7. The maximum atomic E-state index is 12.3. The molecule has 0 aliphatic carbocycles. The van der Waals surface area contributed by atoms with Crippen LogP contribution in [0.2, 0.25) is 0 Å². The summed E-state index contributed by atoms with van der Waals surface area (Å²) in [4.78, 5) is 12.3. The molecule has 206 valence electrons. The summed E-state index contributed by atoms with van der Waals surface area (Å²) in [5.41, 5.74) is 2.47. The van der Waals surface area contributed by atoms with Gasteiger partial charge in [-0.3, -0.25) is 4.79 Å². The molecule has 0 heterocycles. The minimum Gasteiger partial charge on any atom is -0.457 e. The smallest absolute Gasteiger partial charge is 0.314 e. The van der Waals surface area contributed by atoms with E-state index in [1.807, 2.05) is 18.2 Å². The molecule has 2 aromatic rings. The fourth-order valence-corrected chi connectivity index (χ4v) is 4.79. The summed E-state index contributed by atoms with van der Waals surface area (Å²) in [7, 11) is 4.28. The third kappa shape index (κ3) is 14.9. The Labute approximate surface area is 227 Å². The van der Waals surface area contributed by atoms with Crippen molar-refractivity contribution < 1.29 is 18.8 Å². The molecule has 4 nitrogen and oxygen atoms in total. The monoisotopic (exact) mass is 510 g/mol. The molecular weight excluding hydrogens is 458 g/mol. The minimum atomic E-state index is -0.210. The van der Waals surface area contributed by atoms with Crippen LogP contribution in [0.4, 0.5) is 0 Å². The van der Waals surface area contributed by atoms with Crippen LogP contribution in [0.1, 0.15) is 102 Å². The van der Waals surface area contributed by atoms with E-state index in [4.69, 9.17) is 9.47 Å². The van der Waals surface area contributed by atoms with Gasteiger partial charge in [0.1, 0.15) is 12.3 Å². The molecule has 2 rings (SSSR count). The average molecular weight is 511 g/mol. The van der Waals surface area contributed by atoms with Crippen LogP contribution in [-0.4, -0.2) is 37.9 Å². The van der Waals surface area contributed by atoms with Crippen LogP contribution in [0.5, 0.6) is 5.75 Å². The van der Waals surface area contributed by atoms with E-state index in [9.17, 15) is 4.79 Å². The van der Waals surface area contributed by atoms with E-state index in [1.165, 1.54) is 88.2 Å². The Morgan fingerprint density at radius 3 is 1.95 bits per heavy atom. The standard InChI is InChI=1S/C33H52NO3/c1-4-5-6-7-8-9-10-11-12-13-14-18-23-31-24-19-20-25-32(31)36-29-37-33(35)26-27-34(2,3)28-30-21-16-15-17-22-30/h15-17,19-22,24-25H,4-14,18,23,26-29H2,1-3H3/q+1. The van der Waals surface area contributed by atoms with Gasteiger partial charge in [0.2, 0.25) is 6.79 Å². The Hall–Kier alpha value is -2.33. The van der Waals surface area contributed by atoms with Gasteiger partial charge < -0.3 is 14.0 Å². The van der Waals surface area contributed by atoms with Crippen LogP contribution < -0.4 is 4.74 Å². The largest absolute Gasteiger partial charge is 0.457 e. The molecule has 0 saturated carbocycles. The number of para-hydroxylation sites is 1. The minimum absolute atomic E-state index is 0.0274. The van der Waals surface area contributed by atoms with Crippen molar-refractivity contribution in [1.82, 2.24) is 0 Å². The number of carbonyl (C=O) groups is 1. The molecule has 0 atom stereocenters. The number of esters is 1. The molecule has 2 aromatic carbocycles. The van der Waals surface area contributed by atoms with Crippen molar-refractivity contribution in [3.63, 3.8) is 0 Å². The normalized spacial score (nSPS) is 11.4. The highest BCUT2D eigenvalue weighted by atomic mass is 16.7. The molecule has 4 heteroatoms. The van der Waals surface area contributed by atoms with Crippen molar-refractivity contribution in [2.75, 3.05) is 27.4 Å². The van der Waals surface area contributed by atoms with Crippen LogP contribution in [-0.2, 0) is 22.5 Å². The molecule has 0 aromatic heterocycles. The number of ether oxygens (including phenoxy) is 2. The predicted octanol–water partition coefficient (Wildman–Crippen LogP) is 8.48. The molecule has 0 N–H and O–H groups in total. The van der Waals surface area contributed by atoms with E-state index in [1.54, 1.807) is 0 Å². The van der Waals surface area contributed by atoms with E-state index >= 15 is 0 Å². The number of benzene rings is 2. The lowest BCUT2D eigenvalue weighted by molar-refractivity contribution is -0.903. The van der Waals surface area contributed by atoms with Crippen molar-refractivity contribution in [3.8, 4) is 5.75 Å². The van der Waals surface area contributed by atoms with E-state index in [0.29, 0.717) is 6.42 Å². The van der Waals surface area contributed by atoms with Crippen LogP contribution in [0, 0.1) is 0 Å². The first-order valence-corrected chi connectivity index (χ1v) is 14.7. The molecule has 0 saturated heterocycles. The van der Waals surface area contributed by atoms with Gasteiger partial charge >= 0.3 is 5.97 Å². The van der Waals surface area contributed by atoms with E-state index in [0.717, 1.165) is 29.7 Å². The predicted molar refractivity (Wildman–Crippen MR) is 155 cm³/mol. The van der Waals surface area contributed by atoms with E-state index in [2.05, 4.69) is 57.4 Å². The SMILES string of the molecule is CCCCCCCCCCCCCCc1ccccc1OCOC(=O)CC[N+](C)(C)Cc1ccccc1. The van der Waals surface area contributed by atoms with Crippen LogP contribution in [0.15, 0.2) is 54.6 Å². The highest BCUT2D eigenvalue weighted by Crippen LogP contribution is 2.21. The lowest BCUT2D eigenvalue weighted by Gasteiger charge is -2.29. The van der Waals surface area contributed by atoms with Gasteiger partial charge in [0.25, 0.3) is 0 Å². The maximum absolute atomic E-state index is 12.3. The summed E-state index contributed by atoms with van der Waals surface area (Å²) in [6, 6.07) is 18.5. The second kappa shape index (κ2) is 18.8. The maximum Gasteiger partial charge on any atom is 0.314 e. The zero-order valence-electron chi connectivity index (χ0n) is 23.9. The summed E-state index contributed by atoms with van der Waals surface area (Å²) < 4.78 is 12.0. The van der Waals surface area contributed by atoms with Gasteiger partial charge in [-0.05, 0) is 24.5 Å². The molecule has 0 spiro atoms. The number of nitrogens with zero attached hydrogens (tertiary/aromatic N) is 1. The fourth-order valence-electron chi connectivity index (χ4n) is 4.79. The van der Waals surface area contributed by atoms with E-state index < -0.39 is 0 Å². The summed E-state index contributed by atoms with van der Waals surface area (Å²) in [6.07, 6.45) is 17.6. The molecule has 0 fully saturated rings. The third-order valence-electron chi connectivity index (χ3n) is 7.08. The van der Waals surface area contributed by atoms with Crippen LogP contribution in [0.3, 0.4) is 0 Å². The molecule has 0 radical (unpaired) electrons. The molecule has 0 unspecified atom stereocenters. The Balaban J connectivity index is 1.56. The van der Waals surface area contributed by atoms with Crippen molar-refractivity contribution >= 4 is 5.97 Å². The zero-order chi connectivity index (χ0) is 26.6. The van der Waals surface area contributed by atoms with Crippen LogP contribution in [0.25, 0.3) is 0 Å². The van der Waals surface area contributed by atoms with Gasteiger partial charge in [0.05, 0.1) is 27.1 Å². The average Bonchev–Trinajstić information content (AvgIpc) is 2.89. The number of aryl methyl sites for hydroxylation is 1. The summed E-state index contributed by atoms with van der Waals surface area (Å²) in [5, 5.41) is 0. The van der Waals surface area contributed by atoms with Crippen molar-refractivity contribution in [3.05, 3.63) is 65.7 Å². The molecule has 0 amide bonds.